The molecular formula is C17H24N2O. The van der Waals surface area contributed by atoms with Crippen LogP contribution in [0.2, 0.25) is 0 Å². The van der Waals surface area contributed by atoms with Crippen molar-refractivity contribution >= 4 is 10.9 Å². The number of aromatic nitrogens is 1. The van der Waals surface area contributed by atoms with E-state index in [0.717, 1.165) is 6.54 Å². The number of piperidine rings is 1. The monoisotopic (exact) mass is 272 g/mol. The van der Waals surface area contributed by atoms with Crippen LogP contribution >= 0.6 is 0 Å². The highest BCUT2D eigenvalue weighted by atomic mass is 16.5. The highest BCUT2D eigenvalue weighted by Gasteiger charge is 2.18. The minimum atomic E-state index is 0.689. The molecule has 1 aliphatic rings. The lowest BCUT2D eigenvalue weighted by Crippen LogP contribution is -2.29. The number of para-hydroxylation sites is 1. The summed E-state index contributed by atoms with van der Waals surface area (Å²) in [6.07, 6.45) is 4.06. The third kappa shape index (κ3) is 2.48. The molecule has 1 aliphatic heterocycles. The lowest BCUT2D eigenvalue weighted by atomic mass is 10.1. The summed E-state index contributed by atoms with van der Waals surface area (Å²) in [6.45, 7) is 4.21. The quantitative estimate of drug-likeness (QED) is 0.849. The molecule has 0 N–H and O–H groups in total. The second-order valence-corrected chi connectivity index (χ2v) is 5.77. The number of ether oxygens (including phenoxy) is 1. The molecule has 1 saturated heterocycles. The van der Waals surface area contributed by atoms with E-state index in [1.54, 1.807) is 7.11 Å². The van der Waals surface area contributed by atoms with Crippen molar-refractivity contribution in [2.24, 2.45) is 7.05 Å². The summed E-state index contributed by atoms with van der Waals surface area (Å²) in [5.41, 5.74) is 4.08. The molecule has 20 heavy (non-hydrogen) atoms. The summed E-state index contributed by atoms with van der Waals surface area (Å²) in [6, 6.07) is 8.70. The highest BCUT2D eigenvalue weighted by Crippen LogP contribution is 2.28. The molecule has 0 saturated carbocycles. The second kappa shape index (κ2) is 5.98. The molecule has 1 aromatic heterocycles. The number of methoxy groups -OCH3 is 1. The van der Waals surface area contributed by atoms with Gasteiger partial charge in [-0.1, -0.05) is 24.6 Å². The van der Waals surface area contributed by atoms with Crippen LogP contribution < -0.4 is 0 Å². The minimum Gasteiger partial charge on any atom is -0.378 e. The molecule has 3 nitrogen and oxygen atoms in total. The number of hydrogen-bond donors (Lipinski definition) is 0. The molecule has 0 unspecified atom stereocenters. The average molecular weight is 272 g/mol. The van der Waals surface area contributed by atoms with Gasteiger partial charge in [0, 0.05) is 37.3 Å². The van der Waals surface area contributed by atoms with Crippen molar-refractivity contribution in [3.05, 3.63) is 35.5 Å². The smallest absolute Gasteiger partial charge is 0.0867 e. The zero-order chi connectivity index (χ0) is 13.9. The third-order valence-corrected chi connectivity index (χ3v) is 4.46. The van der Waals surface area contributed by atoms with Crippen molar-refractivity contribution in [3.63, 3.8) is 0 Å². The molecule has 3 heteroatoms. The first kappa shape index (κ1) is 13.7. The molecular weight excluding hydrogens is 248 g/mol. The summed E-state index contributed by atoms with van der Waals surface area (Å²) in [5, 5.41) is 1.38. The van der Waals surface area contributed by atoms with Crippen LogP contribution in [0.5, 0.6) is 0 Å². The molecule has 2 aromatic rings. The molecule has 0 spiro atoms. The fraction of sp³-hybridized carbons (Fsp3) is 0.529. The maximum atomic E-state index is 5.43. The van der Waals surface area contributed by atoms with Gasteiger partial charge in [0.25, 0.3) is 0 Å². The van der Waals surface area contributed by atoms with Crippen LogP contribution in [-0.4, -0.2) is 29.7 Å². The maximum Gasteiger partial charge on any atom is 0.0867 e. The lowest BCUT2D eigenvalue weighted by molar-refractivity contribution is 0.175. The predicted molar refractivity (Wildman–Crippen MR) is 82.8 cm³/mol. The average Bonchev–Trinajstić information content (AvgIpc) is 2.75. The summed E-state index contributed by atoms with van der Waals surface area (Å²) in [7, 11) is 3.93. The van der Waals surface area contributed by atoms with Crippen molar-refractivity contribution in [2.75, 3.05) is 20.2 Å². The minimum absolute atomic E-state index is 0.689. The number of likely N-dealkylation sites (tertiary alicyclic amines) is 1. The normalized spacial score (nSPS) is 16.9. The van der Waals surface area contributed by atoms with E-state index in [1.807, 2.05) is 0 Å². The maximum absolute atomic E-state index is 5.43. The van der Waals surface area contributed by atoms with Crippen molar-refractivity contribution in [2.45, 2.75) is 32.4 Å². The van der Waals surface area contributed by atoms with E-state index in [2.05, 4.69) is 40.8 Å². The van der Waals surface area contributed by atoms with Gasteiger partial charge in [0.05, 0.1) is 6.61 Å². The Balaban J connectivity index is 2.00. The van der Waals surface area contributed by atoms with Crippen molar-refractivity contribution in [1.29, 1.82) is 0 Å². The highest BCUT2D eigenvalue weighted by molar-refractivity contribution is 5.85. The Morgan fingerprint density at radius 2 is 1.85 bits per heavy atom. The van der Waals surface area contributed by atoms with Crippen LogP contribution in [0.1, 0.15) is 30.5 Å². The van der Waals surface area contributed by atoms with E-state index in [9.17, 15) is 0 Å². The second-order valence-electron chi connectivity index (χ2n) is 5.77. The zero-order valence-corrected chi connectivity index (χ0v) is 12.6. The summed E-state index contributed by atoms with van der Waals surface area (Å²) in [5.74, 6) is 0. The van der Waals surface area contributed by atoms with Crippen molar-refractivity contribution < 1.29 is 4.74 Å². The fourth-order valence-corrected chi connectivity index (χ4v) is 3.36. The SMILES string of the molecule is COCc1c(CN2CCCCC2)c2ccccc2n1C. The van der Waals surface area contributed by atoms with E-state index in [0.29, 0.717) is 6.61 Å². The molecule has 108 valence electrons. The Kier molecular flexibility index (Phi) is 4.08. The number of nitrogens with zero attached hydrogens (tertiary/aromatic N) is 2. The van der Waals surface area contributed by atoms with Gasteiger partial charge in [-0.2, -0.15) is 0 Å². The Morgan fingerprint density at radius 1 is 1.10 bits per heavy atom. The summed E-state index contributed by atoms with van der Waals surface area (Å²) in [4.78, 5) is 2.59. The van der Waals surface area contributed by atoms with Gasteiger partial charge >= 0.3 is 0 Å². The molecule has 0 bridgehead atoms. The Bertz CT molecular complexity index is 582. The Labute approximate surface area is 121 Å². The van der Waals surface area contributed by atoms with Gasteiger partial charge in [-0.05, 0) is 37.6 Å². The Hall–Kier alpha value is -1.32. The van der Waals surface area contributed by atoms with Crippen molar-refractivity contribution in [3.8, 4) is 0 Å². The van der Waals surface area contributed by atoms with E-state index in [4.69, 9.17) is 4.74 Å². The largest absolute Gasteiger partial charge is 0.378 e. The van der Waals surface area contributed by atoms with Gasteiger partial charge in [-0.15, -0.1) is 0 Å². The van der Waals surface area contributed by atoms with E-state index in [1.165, 1.54) is 54.5 Å². The predicted octanol–water partition coefficient (Wildman–Crippen LogP) is 3.31. The van der Waals surface area contributed by atoms with Crippen LogP contribution in [0, 0.1) is 0 Å². The van der Waals surface area contributed by atoms with Gasteiger partial charge in [0.15, 0.2) is 0 Å². The number of benzene rings is 1. The summed E-state index contributed by atoms with van der Waals surface area (Å²) < 4.78 is 7.72. The van der Waals surface area contributed by atoms with Gasteiger partial charge in [0.1, 0.15) is 0 Å². The van der Waals surface area contributed by atoms with Crippen LogP contribution in [0.15, 0.2) is 24.3 Å². The van der Waals surface area contributed by atoms with Crippen LogP contribution in [-0.2, 0) is 24.9 Å². The van der Waals surface area contributed by atoms with Gasteiger partial charge in [0.2, 0.25) is 0 Å². The fourth-order valence-electron chi connectivity index (χ4n) is 3.36. The first-order chi connectivity index (χ1) is 9.81. The molecule has 1 aromatic carbocycles. The number of hydrogen-bond acceptors (Lipinski definition) is 2. The number of aryl methyl sites for hydroxylation is 1. The van der Waals surface area contributed by atoms with Gasteiger partial charge in [-0.3, -0.25) is 4.90 Å². The summed E-state index contributed by atoms with van der Waals surface area (Å²) >= 11 is 0. The lowest BCUT2D eigenvalue weighted by Gasteiger charge is -2.26. The first-order valence-electron chi connectivity index (χ1n) is 7.57. The number of fused-ring (bicyclic) bond motifs is 1. The molecule has 0 aliphatic carbocycles. The van der Waals surface area contributed by atoms with Gasteiger partial charge < -0.3 is 9.30 Å². The first-order valence-corrected chi connectivity index (χ1v) is 7.57. The molecule has 0 amide bonds. The van der Waals surface area contributed by atoms with Crippen LogP contribution in [0.25, 0.3) is 10.9 Å². The van der Waals surface area contributed by atoms with Crippen LogP contribution in [0.3, 0.4) is 0 Å². The molecule has 3 rings (SSSR count). The van der Waals surface area contributed by atoms with Gasteiger partial charge in [-0.25, -0.2) is 0 Å². The van der Waals surface area contributed by atoms with Crippen molar-refractivity contribution in [1.82, 2.24) is 9.47 Å². The van der Waals surface area contributed by atoms with E-state index in [-0.39, 0.29) is 0 Å². The number of rotatable bonds is 4. The topological polar surface area (TPSA) is 17.4 Å². The van der Waals surface area contributed by atoms with E-state index >= 15 is 0 Å². The molecule has 1 fully saturated rings. The van der Waals surface area contributed by atoms with E-state index < -0.39 is 0 Å². The van der Waals surface area contributed by atoms with Crippen LogP contribution in [0.4, 0.5) is 0 Å². The Morgan fingerprint density at radius 3 is 2.60 bits per heavy atom. The zero-order valence-electron chi connectivity index (χ0n) is 12.6. The standard InChI is InChI=1S/C17H24N2O/c1-18-16-9-5-4-8-14(16)15(17(18)13-20-2)12-19-10-6-3-7-11-19/h4-5,8-9H,3,6-7,10-13H2,1-2H3. The third-order valence-electron chi connectivity index (χ3n) is 4.46. The molecule has 2 heterocycles. The molecule has 0 radical (unpaired) electrons. The molecule has 0 atom stereocenters.